The number of amides is 3. The van der Waals surface area contributed by atoms with E-state index in [-0.39, 0.29) is 39.2 Å². The third-order valence-electron chi connectivity index (χ3n) is 8.22. The minimum absolute atomic E-state index is 0.00154. The number of nitrogen functional groups attached to an aromatic ring is 1. The van der Waals surface area contributed by atoms with Crippen molar-refractivity contribution in [1.82, 2.24) is 19.8 Å². The van der Waals surface area contributed by atoms with Crippen LogP contribution in [0.3, 0.4) is 0 Å². The van der Waals surface area contributed by atoms with Gasteiger partial charge in [-0.2, -0.15) is 0 Å². The summed E-state index contributed by atoms with van der Waals surface area (Å²) in [5.41, 5.74) is 8.37. The Kier molecular flexibility index (Phi) is 7.59. The summed E-state index contributed by atoms with van der Waals surface area (Å²) < 4.78 is 25.4. The second kappa shape index (κ2) is 11.2. The van der Waals surface area contributed by atoms with Gasteiger partial charge in [0.15, 0.2) is 5.82 Å². The summed E-state index contributed by atoms with van der Waals surface area (Å²) in [4.78, 5) is 38.7. The average molecular weight is 615 g/mol. The monoisotopic (exact) mass is 614 g/mol. The number of hydrogen-bond acceptors (Lipinski definition) is 7. The predicted octanol–water partition coefficient (Wildman–Crippen LogP) is 5.05. The van der Waals surface area contributed by atoms with Crippen molar-refractivity contribution < 1.29 is 23.5 Å². The zero-order chi connectivity index (χ0) is 29.6. The average Bonchev–Trinajstić information content (AvgIpc) is 3.26. The topological polar surface area (TPSA) is 123 Å². The maximum atomic E-state index is 14.1. The van der Waals surface area contributed by atoms with Crippen LogP contribution < -0.4 is 15.8 Å². The maximum absolute atomic E-state index is 14.1. The van der Waals surface area contributed by atoms with Crippen LogP contribution in [0.25, 0.3) is 11.3 Å². The first-order chi connectivity index (χ1) is 20.2. The molecule has 1 atom stereocenters. The first kappa shape index (κ1) is 28.4. The van der Waals surface area contributed by atoms with Crippen LogP contribution in [0.15, 0.2) is 36.5 Å². The lowest BCUT2D eigenvalue weighted by Gasteiger charge is -2.40. The summed E-state index contributed by atoms with van der Waals surface area (Å²) in [5.74, 6) is -0.611. The van der Waals surface area contributed by atoms with Crippen molar-refractivity contribution in [2.45, 2.75) is 31.3 Å². The molecule has 6 rings (SSSR count). The Hall–Kier alpha value is -3.67. The molecule has 3 aliphatic rings. The summed E-state index contributed by atoms with van der Waals surface area (Å²) in [7, 11) is 0. The number of carbonyl (C=O) groups excluding carboxylic acids is 2. The van der Waals surface area contributed by atoms with Gasteiger partial charge in [0.1, 0.15) is 11.9 Å². The SMILES string of the molecule is C[C@@H](Oc1nc(-c2ccc3c(c2)NC(=O)C32CCN(C(=O)N3CCOCC3)CC2)cnc1N)c1c(Cl)ccc(F)c1Cl. The van der Waals surface area contributed by atoms with Gasteiger partial charge in [-0.3, -0.25) is 4.79 Å². The summed E-state index contributed by atoms with van der Waals surface area (Å²) >= 11 is 12.4. The molecule has 4 heterocycles. The number of nitrogens with zero attached hydrogens (tertiary/aromatic N) is 4. The highest BCUT2D eigenvalue weighted by molar-refractivity contribution is 6.36. The van der Waals surface area contributed by atoms with Crippen molar-refractivity contribution in [3.63, 3.8) is 0 Å². The van der Waals surface area contributed by atoms with Gasteiger partial charge in [-0.05, 0) is 43.5 Å². The molecule has 3 N–H and O–H groups in total. The van der Waals surface area contributed by atoms with Crippen molar-refractivity contribution in [1.29, 1.82) is 0 Å². The Morgan fingerprint density at radius 3 is 2.60 bits per heavy atom. The minimum atomic E-state index is -0.771. The predicted molar refractivity (Wildman–Crippen MR) is 156 cm³/mol. The Labute approximate surface area is 251 Å². The molecule has 1 aromatic heterocycles. The summed E-state index contributed by atoms with van der Waals surface area (Å²) in [6.45, 7) is 4.89. The Morgan fingerprint density at radius 1 is 1.14 bits per heavy atom. The molecule has 10 nitrogen and oxygen atoms in total. The van der Waals surface area contributed by atoms with E-state index in [4.69, 9.17) is 38.4 Å². The number of aromatic nitrogens is 2. The van der Waals surface area contributed by atoms with Crippen LogP contribution in [0.4, 0.5) is 20.7 Å². The molecule has 220 valence electrons. The molecule has 3 aliphatic heterocycles. The number of likely N-dealkylation sites (tertiary alicyclic amines) is 1. The number of fused-ring (bicyclic) bond motifs is 2. The van der Waals surface area contributed by atoms with E-state index in [2.05, 4.69) is 15.3 Å². The van der Waals surface area contributed by atoms with Crippen LogP contribution in [-0.2, 0) is 14.9 Å². The fourth-order valence-corrected chi connectivity index (χ4v) is 6.55. The number of morpholine rings is 1. The van der Waals surface area contributed by atoms with Gasteiger partial charge in [-0.25, -0.2) is 19.2 Å². The lowest BCUT2D eigenvalue weighted by molar-refractivity contribution is -0.122. The van der Waals surface area contributed by atoms with Crippen LogP contribution in [0.1, 0.15) is 37.0 Å². The lowest BCUT2D eigenvalue weighted by atomic mass is 9.73. The molecular weight excluding hydrogens is 586 g/mol. The van der Waals surface area contributed by atoms with Gasteiger partial charge >= 0.3 is 6.03 Å². The van der Waals surface area contributed by atoms with Crippen LogP contribution in [0.5, 0.6) is 5.88 Å². The summed E-state index contributed by atoms with van der Waals surface area (Å²) in [6.07, 6.45) is 1.81. The lowest BCUT2D eigenvalue weighted by Crippen LogP contribution is -2.53. The number of nitrogens with one attached hydrogen (secondary N) is 1. The number of carbonyl (C=O) groups is 2. The standard InChI is InChI=1S/C29H29Cl2FN6O4/c1-16(23-19(30)4-5-20(32)24(23)31)42-26-25(33)34-15-22(35-26)17-2-3-18-21(14-17)36-27(39)29(18)6-8-37(9-7-29)28(40)38-10-12-41-13-11-38/h2-5,14-16H,6-13H2,1H3,(H2,33,34)(H,36,39)/t16-/m1/s1. The molecule has 1 spiro atoms. The number of anilines is 2. The zero-order valence-corrected chi connectivity index (χ0v) is 24.3. The van der Waals surface area contributed by atoms with Crippen molar-refractivity contribution in [2.24, 2.45) is 0 Å². The number of rotatable bonds is 4. The molecule has 2 fully saturated rings. The van der Waals surface area contributed by atoms with Crippen molar-refractivity contribution in [3.05, 3.63) is 63.5 Å². The normalized spacial score (nSPS) is 18.5. The van der Waals surface area contributed by atoms with E-state index in [0.29, 0.717) is 69.2 Å². The van der Waals surface area contributed by atoms with Gasteiger partial charge in [-0.1, -0.05) is 35.3 Å². The molecular formula is C29H29Cl2FN6O4. The number of hydrogen-bond donors (Lipinski definition) is 2. The smallest absolute Gasteiger partial charge is 0.320 e. The van der Waals surface area contributed by atoms with Gasteiger partial charge in [0.05, 0.1) is 35.5 Å². The molecule has 0 bridgehead atoms. The molecule has 0 saturated carbocycles. The highest BCUT2D eigenvalue weighted by Crippen LogP contribution is 2.46. The molecule has 42 heavy (non-hydrogen) atoms. The van der Waals surface area contributed by atoms with Gasteiger partial charge < -0.3 is 30.3 Å². The molecule has 2 saturated heterocycles. The fourth-order valence-electron chi connectivity index (χ4n) is 5.87. The van der Waals surface area contributed by atoms with Gasteiger partial charge in [0.25, 0.3) is 5.88 Å². The highest BCUT2D eigenvalue weighted by atomic mass is 35.5. The second-order valence-corrected chi connectivity index (χ2v) is 11.4. The molecule has 0 radical (unpaired) electrons. The van der Waals surface area contributed by atoms with E-state index < -0.39 is 17.3 Å². The molecule has 0 unspecified atom stereocenters. The maximum Gasteiger partial charge on any atom is 0.320 e. The van der Waals surface area contributed by atoms with Gasteiger partial charge in [0.2, 0.25) is 5.91 Å². The van der Waals surface area contributed by atoms with E-state index in [0.717, 1.165) is 5.56 Å². The van der Waals surface area contributed by atoms with Crippen LogP contribution in [0, 0.1) is 5.82 Å². The molecule has 13 heteroatoms. The highest BCUT2D eigenvalue weighted by Gasteiger charge is 2.49. The number of piperidine rings is 1. The number of ether oxygens (including phenoxy) is 2. The minimum Gasteiger partial charge on any atom is -0.467 e. The third-order valence-corrected chi connectivity index (χ3v) is 8.94. The van der Waals surface area contributed by atoms with Crippen molar-refractivity contribution in [3.8, 4) is 17.1 Å². The number of benzene rings is 2. The molecule has 3 amide bonds. The zero-order valence-electron chi connectivity index (χ0n) is 22.8. The van der Waals surface area contributed by atoms with Gasteiger partial charge in [0, 0.05) is 48.0 Å². The van der Waals surface area contributed by atoms with E-state index >= 15 is 0 Å². The Morgan fingerprint density at radius 2 is 1.86 bits per heavy atom. The van der Waals surface area contributed by atoms with E-state index in [1.807, 2.05) is 28.0 Å². The quantitative estimate of drug-likeness (QED) is 0.394. The summed E-state index contributed by atoms with van der Waals surface area (Å²) in [6, 6.07) is 8.23. The van der Waals surface area contributed by atoms with Crippen molar-refractivity contribution >= 4 is 46.6 Å². The first-order valence-corrected chi connectivity index (χ1v) is 14.4. The van der Waals surface area contributed by atoms with E-state index in [1.165, 1.54) is 18.3 Å². The summed E-state index contributed by atoms with van der Waals surface area (Å²) in [5, 5.41) is 3.14. The molecule has 2 aromatic carbocycles. The van der Waals surface area contributed by atoms with Crippen LogP contribution in [-0.4, -0.2) is 71.1 Å². The first-order valence-electron chi connectivity index (χ1n) is 13.7. The Balaban J connectivity index is 1.21. The largest absolute Gasteiger partial charge is 0.467 e. The van der Waals surface area contributed by atoms with E-state index in [1.54, 1.807) is 6.92 Å². The molecule has 0 aliphatic carbocycles. The second-order valence-electron chi connectivity index (χ2n) is 10.6. The number of urea groups is 1. The number of nitrogens with two attached hydrogens (primary N) is 1. The third kappa shape index (κ3) is 4.99. The number of halogens is 3. The van der Waals surface area contributed by atoms with Crippen LogP contribution in [0.2, 0.25) is 10.0 Å². The van der Waals surface area contributed by atoms with Crippen molar-refractivity contribution in [2.75, 3.05) is 50.4 Å². The van der Waals surface area contributed by atoms with Gasteiger partial charge in [-0.15, -0.1) is 0 Å². The van der Waals surface area contributed by atoms with E-state index in [9.17, 15) is 14.0 Å². The fraction of sp³-hybridized carbons (Fsp3) is 0.379. The molecule has 3 aromatic rings. The Bertz CT molecular complexity index is 1560. The van der Waals surface area contributed by atoms with Crippen LogP contribution >= 0.6 is 23.2 Å².